The Labute approximate surface area is 114 Å². The van der Waals surface area contributed by atoms with Crippen molar-refractivity contribution in [2.75, 3.05) is 13.7 Å². The van der Waals surface area contributed by atoms with Gasteiger partial charge in [-0.05, 0) is 43.7 Å². The second-order valence-corrected chi connectivity index (χ2v) is 4.70. The fourth-order valence-electron chi connectivity index (χ4n) is 2.26. The van der Waals surface area contributed by atoms with E-state index >= 15 is 0 Å². The number of pyridine rings is 1. The van der Waals surface area contributed by atoms with Gasteiger partial charge in [0, 0.05) is 17.8 Å². The maximum atomic E-state index is 5.94. The molecule has 0 amide bonds. The molecule has 2 aromatic rings. The monoisotopic (exact) mass is 256 g/mol. The number of ether oxygens (including phenoxy) is 1. The molecule has 0 saturated heterocycles. The minimum Gasteiger partial charge on any atom is -0.496 e. The van der Waals surface area contributed by atoms with Gasteiger partial charge < -0.3 is 10.5 Å². The number of aryl methyl sites for hydroxylation is 1. The van der Waals surface area contributed by atoms with Crippen molar-refractivity contribution < 1.29 is 4.74 Å². The SMILES string of the molecule is COc1ccc(C)cc1C(CN)Cc1ccccn1. The van der Waals surface area contributed by atoms with E-state index in [1.807, 2.05) is 30.5 Å². The maximum absolute atomic E-state index is 5.94. The van der Waals surface area contributed by atoms with Crippen LogP contribution in [-0.4, -0.2) is 18.6 Å². The topological polar surface area (TPSA) is 48.1 Å². The summed E-state index contributed by atoms with van der Waals surface area (Å²) in [5, 5.41) is 0. The minimum absolute atomic E-state index is 0.227. The zero-order valence-electron chi connectivity index (χ0n) is 11.5. The molecule has 0 aliphatic carbocycles. The van der Waals surface area contributed by atoms with Crippen LogP contribution >= 0.6 is 0 Å². The molecule has 3 nitrogen and oxygen atoms in total. The Hall–Kier alpha value is -1.87. The number of hydrogen-bond donors (Lipinski definition) is 1. The van der Waals surface area contributed by atoms with Crippen molar-refractivity contribution in [3.63, 3.8) is 0 Å². The first kappa shape index (κ1) is 13.6. The van der Waals surface area contributed by atoms with Crippen molar-refractivity contribution in [3.05, 3.63) is 59.4 Å². The smallest absolute Gasteiger partial charge is 0.122 e. The lowest BCUT2D eigenvalue weighted by Crippen LogP contribution is -2.16. The summed E-state index contributed by atoms with van der Waals surface area (Å²) in [5.74, 6) is 1.13. The van der Waals surface area contributed by atoms with Crippen molar-refractivity contribution in [1.29, 1.82) is 0 Å². The van der Waals surface area contributed by atoms with Crippen LogP contribution in [0.15, 0.2) is 42.6 Å². The van der Waals surface area contributed by atoms with E-state index in [0.29, 0.717) is 6.54 Å². The van der Waals surface area contributed by atoms with E-state index in [9.17, 15) is 0 Å². The Balaban J connectivity index is 2.29. The van der Waals surface area contributed by atoms with Gasteiger partial charge in [0.15, 0.2) is 0 Å². The predicted octanol–water partition coefficient (Wildman–Crippen LogP) is 2.68. The maximum Gasteiger partial charge on any atom is 0.122 e. The Morgan fingerprint density at radius 2 is 2.11 bits per heavy atom. The van der Waals surface area contributed by atoms with Crippen molar-refractivity contribution in [1.82, 2.24) is 4.98 Å². The number of aromatic nitrogens is 1. The highest BCUT2D eigenvalue weighted by molar-refractivity contribution is 5.40. The molecule has 0 aliphatic heterocycles. The van der Waals surface area contributed by atoms with Gasteiger partial charge in [0.1, 0.15) is 5.75 Å². The molecule has 100 valence electrons. The quantitative estimate of drug-likeness (QED) is 0.894. The van der Waals surface area contributed by atoms with E-state index in [1.165, 1.54) is 5.56 Å². The average Bonchev–Trinajstić information content (AvgIpc) is 2.46. The van der Waals surface area contributed by atoms with Crippen molar-refractivity contribution >= 4 is 0 Å². The van der Waals surface area contributed by atoms with Gasteiger partial charge in [0.05, 0.1) is 7.11 Å². The Morgan fingerprint density at radius 1 is 1.26 bits per heavy atom. The zero-order valence-corrected chi connectivity index (χ0v) is 11.5. The van der Waals surface area contributed by atoms with Crippen LogP contribution in [-0.2, 0) is 6.42 Å². The van der Waals surface area contributed by atoms with Gasteiger partial charge in [-0.3, -0.25) is 4.98 Å². The first-order chi connectivity index (χ1) is 9.24. The molecule has 1 aromatic heterocycles. The summed E-state index contributed by atoms with van der Waals surface area (Å²) in [6, 6.07) is 12.2. The fourth-order valence-corrected chi connectivity index (χ4v) is 2.26. The first-order valence-electron chi connectivity index (χ1n) is 6.49. The molecular formula is C16H20N2O. The Morgan fingerprint density at radius 3 is 2.74 bits per heavy atom. The Bertz CT molecular complexity index is 526. The summed E-state index contributed by atoms with van der Waals surface area (Å²) < 4.78 is 5.44. The highest BCUT2D eigenvalue weighted by Crippen LogP contribution is 2.29. The van der Waals surface area contributed by atoms with Crippen LogP contribution in [0.4, 0.5) is 0 Å². The molecule has 1 atom stereocenters. The van der Waals surface area contributed by atoms with Crippen LogP contribution in [0.2, 0.25) is 0 Å². The molecular weight excluding hydrogens is 236 g/mol. The molecule has 0 spiro atoms. The predicted molar refractivity (Wildman–Crippen MR) is 77.5 cm³/mol. The molecule has 2 rings (SSSR count). The second-order valence-electron chi connectivity index (χ2n) is 4.70. The van der Waals surface area contributed by atoms with Crippen LogP contribution in [0.5, 0.6) is 5.75 Å². The third-order valence-corrected chi connectivity index (χ3v) is 3.29. The van der Waals surface area contributed by atoms with E-state index in [-0.39, 0.29) is 5.92 Å². The lowest BCUT2D eigenvalue weighted by molar-refractivity contribution is 0.405. The molecule has 0 fully saturated rings. The van der Waals surface area contributed by atoms with Gasteiger partial charge >= 0.3 is 0 Å². The third-order valence-electron chi connectivity index (χ3n) is 3.29. The largest absolute Gasteiger partial charge is 0.496 e. The highest BCUT2D eigenvalue weighted by Gasteiger charge is 2.16. The molecule has 2 N–H and O–H groups in total. The van der Waals surface area contributed by atoms with Crippen LogP contribution in [0.3, 0.4) is 0 Å². The van der Waals surface area contributed by atoms with E-state index < -0.39 is 0 Å². The molecule has 1 unspecified atom stereocenters. The van der Waals surface area contributed by atoms with Gasteiger partial charge in [-0.25, -0.2) is 0 Å². The van der Waals surface area contributed by atoms with E-state index in [2.05, 4.69) is 24.0 Å². The summed E-state index contributed by atoms with van der Waals surface area (Å²) in [4.78, 5) is 4.37. The summed E-state index contributed by atoms with van der Waals surface area (Å²) in [5.41, 5.74) is 9.38. The van der Waals surface area contributed by atoms with Crippen LogP contribution in [0.1, 0.15) is 22.7 Å². The lowest BCUT2D eigenvalue weighted by atomic mass is 9.92. The van der Waals surface area contributed by atoms with Crippen LogP contribution in [0.25, 0.3) is 0 Å². The van der Waals surface area contributed by atoms with Gasteiger partial charge in [-0.1, -0.05) is 23.8 Å². The number of nitrogens with two attached hydrogens (primary N) is 1. The average molecular weight is 256 g/mol. The van der Waals surface area contributed by atoms with Gasteiger partial charge in [-0.15, -0.1) is 0 Å². The number of benzene rings is 1. The van der Waals surface area contributed by atoms with Gasteiger partial charge in [0.2, 0.25) is 0 Å². The molecule has 0 saturated carbocycles. The lowest BCUT2D eigenvalue weighted by Gasteiger charge is -2.18. The first-order valence-corrected chi connectivity index (χ1v) is 6.49. The van der Waals surface area contributed by atoms with Crippen LogP contribution < -0.4 is 10.5 Å². The number of hydrogen-bond acceptors (Lipinski definition) is 3. The van der Waals surface area contributed by atoms with Gasteiger partial charge in [-0.2, -0.15) is 0 Å². The summed E-state index contributed by atoms with van der Waals surface area (Å²) in [6.45, 7) is 2.66. The number of nitrogens with zero attached hydrogens (tertiary/aromatic N) is 1. The molecule has 19 heavy (non-hydrogen) atoms. The Kier molecular flexibility index (Phi) is 4.53. The molecule has 1 aromatic carbocycles. The molecule has 0 radical (unpaired) electrons. The summed E-state index contributed by atoms with van der Waals surface area (Å²) >= 11 is 0. The van der Waals surface area contributed by atoms with E-state index in [4.69, 9.17) is 10.5 Å². The van der Waals surface area contributed by atoms with Crippen molar-refractivity contribution in [2.24, 2.45) is 5.73 Å². The minimum atomic E-state index is 0.227. The number of rotatable bonds is 5. The summed E-state index contributed by atoms with van der Waals surface area (Å²) in [7, 11) is 1.70. The molecule has 1 heterocycles. The normalized spacial score (nSPS) is 12.2. The van der Waals surface area contributed by atoms with Crippen LogP contribution in [0, 0.1) is 6.92 Å². The number of methoxy groups -OCH3 is 1. The highest BCUT2D eigenvalue weighted by atomic mass is 16.5. The molecule has 3 heteroatoms. The standard InChI is InChI=1S/C16H20N2O/c1-12-6-7-16(19-2)15(9-12)13(11-17)10-14-5-3-4-8-18-14/h3-9,13H,10-11,17H2,1-2H3. The van der Waals surface area contributed by atoms with Crippen molar-refractivity contribution in [3.8, 4) is 5.75 Å². The fraction of sp³-hybridized carbons (Fsp3) is 0.312. The summed E-state index contributed by atoms with van der Waals surface area (Å²) in [6.07, 6.45) is 2.65. The van der Waals surface area contributed by atoms with E-state index in [1.54, 1.807) is 7.11 Å². The van der Waals surface area contributed by atoms with Gasteiger partial charge in [0.25, 0.3) is 0 Å². The zero-order chi connectivity index (χ0) is 13.7. The molecule has 0 bridgehead atoms. The van der Waals surface area contributed by atoms with Crippen molar-refractivity contribution in [2.45, 2.75) is 19.3 Å². The second kappa shape index (κ2) is 6.34. The molecule has 0 aliphatic rings. The third kappa shape index (κ3) is 3.32. The van der Waals surface area contributed by atoms with E-state index in [0.717, 1.165) is 23.4 Å².